The van der Waals surface area contributed by atoms with Gasteiger partial charge in [-0.1, -0.05) is 13.8 Å². The fraction of sp³-hybridized carbons (Fsp3) is 0.778. The van der Waals surface area contributed by atoms with Crippen LogP contribution in [-0.2, 0) is 23.8 Å². The number of fused-ring (bicyclic) bond motifs is 2. The fourth-order valence-electron chi connectivity index (χ4n) is 4.95. The van der Waals surface area contributed by atoms with Crippen LogP contribution in [-0.4, -0.2) is 42.1 Å². The molecule has 6 nitrogen and oxygen atoms in total. The topological polar surface area (TPSA) is 82.1 Å². The summed E-state index contributed by atoms with van der Waals surface area (Å²) in [4.78, 5) is 23.5. The molecule has 0 bridgehead atoms. The van der Waals surface area contributed by atoms with E-state index in [9.17, 15) is 14.7 Å². The molecule has 0 saturated heterocycles. The van der Waals surface area contributed by atoms with Crippen LogP contribution in [0.4, 0.5) is 0 Å². The summed E-state index contributed by atoms with van der Waals surface area (Å²) in [5.74, 6) is -1.60. The van der Waals surface area contributed by atoms with Crippen molar-refractivity contribution in [2.45, 2.75) is 65.0 Å². The van der Waals surface area contributed by atoms with Gasteiger partial charge < -0.3 is 19.3 Å². The van der Waals surface area contributed by atoms with E-state index in [1.165, 1.54) is 14.0 Å². The van der Waals surface area contributed by atoms with Crippen LogP contribution in [0, 0.1) is 17.3 Å². The molecule has 2 aliphatic carbocycles. The smallest absolute Gasteiger partial charge is 0.336 e. The molecule has 0 aromatic rings. The molecule has 0 aromatic carbocycles. The zero-order valence-corrected chi connectivity index (χ0v) is 14.9. The Hall–Kier alpha value is -1.40. The van der Waals surface area contributed by atoms with Gasteiger partial charge in [-0.15, -0.1) is 0 Å². The van der Waals surface area contributed by atoms with Crippen LogP contribution in [0.1, 0.15) is 47.0 Å². The number of methoxy groups -OCH3 is 1. The van der Waals surface area contributed by atoms with Gasteiger partial charge in [-0.3, -0.25) is 4.79 Å². The lowest BCUT2D eigenvalue weighted by Gasteiger charge is -2.56. The van der Waals surface area contributed by atoms with Gasteiger partial charge in [-0.05, 0) is 25.2 Å². The minimum Gasteiger partial charge on any atom is -0.462 e. The summed E-state index contributed by atoms with van der Waals surface area (Å²) < 4.78 is 16.6. The molecular formula is C18H26O6. The van der Waals surface area contributed by atoms with E-state index in [4.69, 9.17) is 14.2 Å². The van der Waals surface area contributed by atoms with Crippen LogP contribution >= 0.6 is 0 Å². The third-order valence-corrected chi connectivity index (χ3v) is 6.45. The highest BCUT2D eigenvalue weighted by Gasteiger charge is 2.63. The highest BCUT2D eigenvalue weighted by molar-refractivity contribution is 5.92. The first kappa shape index (κ1) is 17.4. The van der Waals surface area contributed by atoms with Crippen molar-refractivity contribution in [2.75, 3.05) is 7.11 Å². The van der Waals surface area contributed by atoms with E-state index in [0.717, 1.165) is 5.57 Å². The molecule has 134 valence electrons. The minimum absolute atomic E-state index is 0.0770. The maximum atomic E-state index is 12.1. The Bertz CT molecular complexity index is 611. The molecule has 0 unspecified atom stereocenters. The number of aliphatic hydroxyl groups is 1. The Balaban J connectivity index is 1.99. The van der Waals surface area contributed by atoms with Crippen molar-refractivity contribution in [1.82, 2.24) is 0 Å². The third kappa shape index (κ3) is 2.30. The first-order valence-corrected chi connectivity index (χ1v) is 8.48. The molecule has 1 heterocycles. The summed E-state index contributed by atoms with van der Waals surface area (Å²) in [5.41, 5.74) is 0.982. The van der Waals surface area contributed by atoms with Gasteiger partial charge in [0.15, 0.2) is 0 Å². The van der Waals surface area contributed by atoms with E-state index in [2.05, 4.69) is 6.92 Å². The molecule has 6 heteroatoms. The predicted molar refractivity (Wildman–Crippen MR) is 84.7 cm³/mol. The van der Waals surface area contributed by atoms with Crippen LogP contribution in [0.15, 0.2) is 11.1 Å². The normalized spacial score (nSPS) is 44.7. The minimum atomic E-state index is -1.07. The SMILES string of the molecule is CO[C@@]12C[C@]3(C)[C@H](O)C[C@H](OC(C)=O)[C@H](C)[C@H]3CC1=C(C)C(=O)O2. The second-order valence-corrected chi connectivity index (χ2v) is 7.70. The molecule has 1 N–H and O–H groups in total. The summed E-state index contributed by atoms with van der Waals surface area (Å²) in [6.07, 6.45) is 0.427. The molecule has 3 aliphatic rings. The number of ether oxygens (including phenoxy) is 3. The second kappa shape index (κ2) is 5.56. The zero-order chi connectivity index (χ0) is 17.9. The fourth-order valence-corrected chi connectivity index (χ4v) is 4.95. The van der Waals surface area contributed by atoms with Crippen LogP contribution < -0.4 is 0 Å². The van der Waals surface area contributed by atoms with Crippen LogP contribution in [0.2, 0.25) is 0 Å². The van der Waals surface area contributed by atoms with Crippen molar-refractivity contribution >= 4 is 11.9 Å². The lowest BCUT2D eigenvalue weighted by Crippen LogP contribution is -2.59. The molecule has 6 atom stereocenters. The molecule has 0 aromatic heterocycles. The van der Waals surface area contributed by atoms with Gasteiger partial charge >= 0.3 is 11.9 Å². The Morgan fingerprint density at radius 1 is 1.42 bits per heavy atom. The van der Waals surface area contributed by atoms with E-state index in [1.54, 1.807) is 6.92 Å². The Labute approximate surface area is 142 Å². The molecule has 1 aliphatic heterocycles. The number of esters is 2. The van der Waals surface area contributed by atoms with Crippen LogP contribution in [0.25, 0.3) is 0 Å². The quantitative estimate of drug-likeness (QED) is 0.775. The summed E-state index contributed by atoms with van der Waals surface area (Å²) in [7, 11) is 1.54. The summed E-state index contributed by atoms with van der Waals surface area (Å²) in [5, 5.41) is 10.8. The van der Waals surface area contributed by atoms with Crippen LogP contribution in [0.5, 0.6) is 0 Å². The number of aliphatic hydroxyl groups excluding tert-OH is 1. The molecular weight excluding hydrogens is 312 g/mol. The van der Waals surface area contributed by atoms with Gasteiger partial charge in [0, 0.05) is 43.4 Å². The molecule has 2 saturated carbocycles. The Kier molecular flexibility index (Phi) is 4.04. The maximum absolute atomic E-state index is 12.1. The van der Waals surface area contributed by atoms with E-state index in [0.29, 0.717) is 24.8 Å². The second-order valence-electron chi connectivity index (χ2n) is 7.70. The van der Waals surface area contributed by atoms with E-state index in [-0.39, 0.29) is 29.9 Å². The molecule has 0 spiro atoms. The number of carbonyl (C=O) groups is 2. The first-order chi connectivity index (χ1) is 11.1. The zero-order valence-electron chi connectivity index (χ0n) is 14.9. The van der Waals surface area contributed by atoms with E-state index < -0.39 is 17.3 Å². The van der Waals surface area contributed by atoms with E-state index >= 15 is 0 Å². The number of rotatable bonds is 2. The molecule has 2 fully saturated rings. The van der Waals surface area contributed by atoms with Crippen molar-refractivity contribution in [3.8, 4) is 0 Å². The summed E-state index contributed by atoms with van der Waals surface area (Å²) in [6, 6.07) is 0. The predicted octanol–water partition coefficient (Wildman–Crippen LogP) is 1.95. The molecule has 0 radical (unpaired) electrons. The van der Waals surface area contributed by atoms with Gasteiger partial charge in [0.25, 0.3) is 0 Å². The Morgan fingerprint density at radius 3 is 2.67 bits per heavy atom. The summed E-state index contributed by atoms with van der Waals surface area (Å²) >= 11 is 0. The highest BCUT2D eigenvalue weighted by Crippen LogP contribution is 2.60. The number of carbonyl (C=O) groups excluding carboxylic acids is 2. The lowest BCUT2D eigenvalue weighted by atomic mass is 9.52. The van der Waals surface area contributed by atoms with Crippen molar-refractivity contribution in [1.29, 1.82) is 0 Å². The van der Waals surface area contributed by atoms with Crippen molar-refractivity contribution in [3.05, 3.63) is 11.1 Å². The monoisotopic (exact) mass is 338 g/mol. The standard InChI is InChI=1S/C18H26O6/c1-9-12-6-13-10(2)16(21)24-18(13,22-5)8-17(12,4)15(20)7-14(9)23-11(3)19/h9,12,14-15,20H,6-8H2,1-5H3/t9-,12-,14+,15-,17+,18-/m1/s1. The molecule has 0 amide bonds. The summed E-state index contributed by atoms with van der Waals surface area (Å²) in [6.45, 7) is 7.21. The Morgan fingerprint density at radius 2 is 2.08 bits per heavy atom. The average molecular weight is 338 g/mol. The van der Waals surface area contributed by atoms with Crippen LogP contribution in [0.3, 0.4) is 0 Å². The van der Waals surface area contributed by atoms with Crippen molar-refractivity contribution in [3.63, 3.8) is 0 Å². The number of hydrogen-bond acceptors (Lipinski definition) is 6. The highest BCUT2D eigenvalue weighted by atomic mass is 16.7. The molecule has 24 heavy (non-hydrogen) atoms. The van der Waals surface area contributed by atoms with Gasteiger partial charge in [-0.2, -0.15) is 0 Å². The van der Waals surface area contributed by atoms with Crippen molar-refractivity contribution < 1.29 is 28.9 Å². The number of hydrogen-bond donors (Lipinski definition) is 1. The largest absolute Gasteiger partial charge is 0.462 e. The maximum Gasteiger partial charge on any atom is 0.336 e. The molecule has 3 rings (SSSR count). The van der Waals surface area contributed by atoms with Gasteiger partial charge in [0.1, 0.15) is 6.10 Å². The van der Waals surface area contributed by atoms with Crippen molar-refractivity contribution in [2.24, 2.45) is 17.3 Å². The van der Waals surface area contributed by atoms with Gasteiger partial charge in [-0.25, -0.2) is 4.79 Å². The van der Waals surface area contributed by atoms with Gasteiger partial charge in [0.2, 0.25) is 5.79 Å². The van der Waals surface area contributed by atoms with E-state index in [1.807, 2.05) is 6.92 Å². The first-order valence-electron chi connectivity index (χ1n) is 8.48. The van der Waals surface area contributed by atoms with Gasteiger partial charge in [0.05, 0.1) is 6.10 Å². The lowest BCUT2D eigenvalue weighted by molar-refractivity contribution is -0.242. The third-order valence-electron chi connectivity index (χ3n) is 6.45. The average Bonchev–Trinajstić information content (AvgIpc) is 2.74.